The summed E-state index contributed by atoms with van der Waals surface area (Å²) >= 11 is 0. The Morgan fingerprint density at radius 3 is 2.73 bits per heavy atom. The average Bonchev–Trinajstić information content (AvgIpc) is 3.38. The van der Waals surface area contributed by atoms with Crippen LogP contribution in [0.25, 0.3) is 0 Å². The number of ether oxygens (including phenoxy) is 2. The molecule has 0 saturated carbocycles. The lowest BCUT2D eigenvalue weighted by atomic mass is 9.81. The van der Waals surface area contributed by atoms with E-state index in [4.69, 9.17) is 14.5 Å². The molecule has 0 bridgehead atoms. The van der Waals surface area contributed by atoms with Gasteiger partial charge in [-0.05, 0) is 71.3 Å². The summed E-state index contributed by atoms with van der Waals surface area (Å²) in [6.45, 7) is 9.23. The van der Waals surface area contributed by atoms with Crippen molar-refractivity contribution in [1.82, 2.24) is 10.2 Å². The molecule has 3 aliphatic heterocycles. The van der Waals surface area contributed by atoms with Crippen molar-refractivity contribution in [3.8, 4) is 11.5 Å². The Balaban J connectivity index is 1.46. The van der Waals surface area contributed by atoms with E-state index in [0.717, 1.165) is 46.7 Å². The minimum absolute atomic E-state index is 0.0230. The molecule has 1 fully saturated rings. The monoisotopic (exact) mass is 504 g/mol. The summed E-state index contributed by atoms with van der Waals surface area (Å²) in [5.41, 5.74) is 5.34. The van der Waals surface area contributed by atoms with Crippen molar-refractivity contribution in [3.63, 3.8) is 0 Å². The quantitative estimate of drug-likeness (QED) is 0.630. The summed E-state index contributed by atoms with van der Waals surface area (Å²) in [5.74, 6) is 1.37. The molecule has 3 aliphatic rings. The Hall–Kier alpha value is -3.39. The lowest BCUT2D eigenvalue weighted by molar-refractivity contribution is -0.124. The van der Waals surface area contributed by atoms with Gasteiger partial charge < -0.3 is 20.1 Å². The number of likely N-dealkylation sites (N-methyl/N-ethyl adjacent to an activating group) is 1. The van der Waals surface area contributed by atoms with Gasteiger partial charge >= 0.3 is 0 Å². The number of methoxy groups -OCH3 is 1. The zero-order valence-electron chi connectivity index (χ0n) is 22.5. The summed E-state index contributed by atoms with van der Waals surface area (Å²) < 4.78 is 12.0. The number of benzene rings is 2. The van der Waals surface area contributed by atoms with E-state index in [-0.39, 0.29) is 35.5 Å². The number of rotatable bonds is 6. The van der Waals surface area contributed by atoms with Gasteiger partial charge in [0, 0.05) is 35.3 Å². The van der Waals surface area contributed by atoms with E-state index in [1.807, 2.05) is 24.3 Å². The molecule has 2 N–H and O–H groups in total. The normalized spacial score (nSPS) is 21.0. The molecule has 0 aromatic heterocycles. The van der Waals surface area contributed by atoms with E-state index in [2.05, 4.69) is 44.4 Å². The van der Waals surface area contributed by atoms with Crippen LogP contribution >= 0.6 is 0 Å². The molecule has 2 amide bonds. The average molecular weight is 505 g/mol. The number of aliphatic imine (C=N–C) groups is 1. The Morgan fingerprint density at radius 2 is 2.03 bits per heavy atom. The van der Waals surface area contributed by atoms with E-state index in [1.165, 1.54) is 5.56 Å². The van der Waals surface area contributed by atoms with Crippen LogP contribution in [-0.2, 0) is 22.4 Å². The number of fused-ring (bicyclic) bond motifs is 3. The predicted molar refractivity (Wildman–Crippen MR) is 144 cm³/mol. The summed E-state index contributed by atoms with van der Waals surface area (Å²) in [6, 6.07) is 9.65. The Morgan fingerprint density at radius 1 is 1.24 bits per heavy atom. The molecular weight excluding hydrogens is 468 g/mol. The van der Waals surface area contributed by atoms with E-state index in [9.17, 15) is 9.59 Å². The first kappa shape index (κ1) is 25.3. The third kappa shape index (κ3) is 4.94. The van der Waals surface area contributed by atoms with Crippen LogP contribution in [0.1, 0.15) is 56.4 Å². The minimum Gasteiger partial charge on any atom is -0.493 e. The van der Waals surface area contributed by atoms with Crippen LogP contribution in [0.2, 0.25) is 0 Å². The highest BCUT2D eigenvalue weighted by Gasteiger charge is 2.39. The SMILES string of the molecule is COc1cc2c(c3c1OC(C)(C)C3)C(c1cccc(NC(=O)CN(C)C3CCNC3=O)c1)=NC(C)(C)C2. The predicted octanol–water partition coefficient (Wildman–Crippen LogP) is 3.34. The maximum absolute atomic E-state index is 12.8. The van der Waals surface area contributed by atoms with Gasteiger partial charge in [-0.15, -0.1) is 0 Å². The first-order valence-corrected chi connectivity index (χ1v) is 12.9. The number of nitrogens with zero attached hydrogens (tertiary/aromatic N) is 2. The van der Waals surface area contributed by atoms with Crippen LogP contribution < -0.4 is 20.1 Å². The lowest BCUT2D eigenvalue weighted by Crippen LogP contribution is -2.42. The third-order valence-electron chi connectivity index (χ3n) is 7.27. The van der Waals surface area contributed by atoms with Crippen LogP contribution in [0.15, 0.2) is 35.3 Å². The maximum Gasteiger partial charge on any atom is 0.238 e. The maximum atomic E-state index is 12.8. The first-order chi connectivity index (χ1) is 17.5. The summed E-state index contributed by atoms with van der Waals surface area (Å²) in [6.07, 6.45) is 2.27. The van der Waals surface area contributed by atoms with E-state index < -0.39 is 0 Å². The highest BCUT2D eigenvalue weighted by atomic mass is 16.5. The number of carbonyl (C=O) groups excluding carboxylic acids is 2. The number of hydrogen-bond donors (Lipinski definition) is 2. The number of anilines is 1. The second-order valence-electron chi connectivity index (χ2n) is 11.5. The lowest BCUT2D eigenvalue weighted by Gasteiger charge is -2.31. The van der Waals surface area contributed by atoms with Gasteiger partial charge in [0.2, 0.25) is 11.8 Å². The van der Waals surface area contributed by atoms with Crippen molar-refractivity contribution in [2.24, 2.45) is 4.99 Å². The number of carbonyl (C=O) groups is 2. The van der Waals surface area contributed by atoms with Gasteiger partial charge in [0.25, 0.3) is 0 Å². The molecule has 1 atom stereocenters. The topological polar surface area (TPSA) is 92.3 Å². The number of nitrogens with one attached hydrogen (secondary N) is 2. The van der Waals surface area contributed by atoms with Gasteiger partial charge in [-0.25, -0.2) is 0 Å². The molecule has 0 aliphatic carbocycles. The van der Waals surface area contributed by atoms with Crippen molar-refractivity contribution in [2.75, 3.05) is 32.6 Å². The second kappa shape index (κ2) is 9.17. The Bertz CT molecular complexity index is 1300. The highest BCUT2D eigenvalue weighted by Crippen LogP contribution is 2.47. The molecule has 37 heavy (non-hydrogen) atoms. The summed E-state index contributed by atoms with van der Waals surface area (Å²) in [4.78, 5) is 31.8. The molecule has 5 rings (SSSR count). The van der Waals surface area contributed by atoms with Gasteiger partial charge in [0.1, 0.15) is 5.60 Å². The van der Waals surface area contributed by atoms with Gasteiger partial charge in [-0.3, -0.25) is 19.5 Å². The molecule has 3 heterocycles. The second-order valence-corrected chi connectivity index (χ2v) is 11.5. The van der Waals surface area contributed by atoms with Gasteiger partial charge in [0.15, 0.2) is 11.5 Å². The molecular formula is C29H36N4O4. The molecule has 2 aromatic carbocycles. The molecule has 1 unspecified atom stereocenters. The molecule has 2 aromatic rings. The van der Waals surface area contributed by atoms with Gasteiger partial charge in [-0.2, -0.15) is 0 Å². The van der Waals surface area contributed by atoms with Crippen LogP contribution in [-0.4, -0.2) is 66.9 Å². The Kier molecular flexibility index (Phi) is 6.26. The standard InChI is InChI=1S/C29H36N4O4/c1-28(2)14-18-13-22(36-6)26-20(15-29(3,4)37-26)24(18)25(32-28)17-8-7-9-19(12-17)31-23(34)16-33(5)21-10-11-30-27(21)35/h7-9,12-13,21H,10-11,14-16H2,1-6H3,(H,30,35)(H,31,34). The number of hydrogen-bond acceptors (Lipinski definition) is 6. The fourth-order valence-electron chi connectivity index (χ4n) is 5.71. The van der Waals surface area contributed by atoms with Gasteiger partial charge in [-0.1, -0.05) is 12.1 Å². The van der Waals surface area contributed by atoms with Crippen molar-refractivity contribution in [3.05, 3.63) is 52.6 Å². The van der Waals surface area contributed by atoms with E-state index in [0.29, 0.717) is 18.7 Å². The van der Waals surface area contributed by atoms with Crippen LogP contribution in [0.4, 0.5) is 5.69 Å². The van der Waals surface area contributed by atoms with Crippen molar-refractivity contribution >= 4 is 23.2 Å². The van der Waals surface area contributed by atoms with Crippen molar-refractivity contribution in [1.29, 1.82) is 0 Å². The molecule has 8 nitrogen and oxygen atoms in total. The molecule has 0 spiro atoms. The van der Waals surface area contributed by atoms with Gasteiger partial charge in [0.05, 0.1) is 30.9 Å². The molecule has 0 radical (unpaired) electrons. The summed E-state index contributed by atoms with van der Waals surface area (Å²) in [5, 5.41) is 5.83. The van der Waals surface area contributed by atoms with Crippen molar-refractivity contribution in [2.45, 2.75) is 64.1 Å². The Labute approximate surface area is 218 Å². The molecule has 196 valence electrons. The van der Waals surface area contributed by atoms with E-state index >= 15 is 0 Å². The largest absolute Gasteiger partial charge is 0.493 e. The van der Waals surface area contributed by atoms with Crippen LogP contribution in [0, 0.1) is 0 Å². The first-order valence-electron chi connectivity index (χ1n) is 12.9. The third-order valence-corrected chi connectivity index (χ3v) is 7.27. The molecule has 8 heteroatoms. The zero-order chi connectivity index (χ0) is 26.5. The fourth-order valence-corrected chi connectivity index (χ4v) is 5.71. The fraction of sp³-hybridized carbons (Fsp3) is 0.483. The van der Waals surface area contributed by atoms with Crippen molar-refractivity contribution < 1.29 is 19.1 Å². The van der Waals surface area contributed by atoms with E-state index in [1.54, 1.807) is 19.1 Å². The minimum atomic E-state index is -0.332. The highest BCUT2D eigenvalue weighted by molar-refractivity contribution is 6.16. The summed E-state index contributed by atoms with van der Waals surface area (Å²) in [7, 11) is 3.49. The zero-order valence-corrected chi connectivity index (χ0v) is 22.5. The number of amides is 2. The van der Waals surface area contributed by atoms with Crippen LogP contribution in [0.3, 0.4) is 0 Å². The smallest absolute Gasteiger partial charge is 0.238 e. The molecule has 1 saturated heterocycles. The van der Waals surface area contributed by atoms with Crippen LogP contribution in [0.5, 0.6) is 11.5 Å².